The molecule has 0 spiro atoms. The molecule has 0 radical (unpaired) electrons. The average molecular weight is 520 g/mol. The minimum atomic E-state index is -1.99. The van der Waals surface area contributed by atoms with Crippen LogP contribution >= 0.6 is 0 Å². The fraction of sp³-hybridized carbons (Fsp3) is 0.355. The van der Waals surface area contributed by atoms with Crippen molar-refractivity contribution in [2.75, 3.05) is 13.2 Å². The maximum absolute atomic E-state index is 14.1. The van der Waals surface area contributed by atoms with Crippen LogP contribution in [0.3, 0.4) is 0 Å². The molecular weight excluding hydrogens is 482 g/mol. The topological polar surface area (TPSA) is 119 Å². The third kappa shape index (κ3) is 7.28. The predicted molar refractivity (Wildman–Crippen MR) is 146 cm³/mol. The highest BCUT2D eigenvalue weighted by atomic mass is 16.5. The number of hydrogen-bond acceptors (Lipinski definition) is 7. The summed E-state index contributed by atoms with van der Waals surface area (Å²) in [7, 11) is 0. The molecule has 0 fully saturated rings. The van der Waals surface area contributed by atoms with Crippen LogP contribution in [-0.2, 0) is 11.2 Å². The lowest BCUT2D eigenvalue weighted by Gasteiger charge is -2.37. The summed E-state index contributed by atoms with van der Waals surface area (Å²) in [6.07, 6.45) is -2.51. The summed E-state index contributed by atoms with van der Waals surface area (Å²) in [5.41, 5.74) is 4.98. The number of aldehydes is 1. The van der Waals surface area contributed by atoms with Crippen molar-refractivity contribution < 1.29 is 29.3 Å². The van der Waals surface area contributed by atoms with Gasteiger partial charge in [-0.25, -0.2) is 0 Å². The van der Waals surface area contributed by atoms with E-state index in [0.29, 0.717) is 24.0 Å². The molecule has 0 aliphatic carbocycles. The number of ketones is 1. The van der Waals surface area contributed by atoms with Gasteiger partial charge < -0.3 is 30.2 Å². The van der Waals surface area contributed by atoms with E-state index in [1.54, 1.807) is 48.5 Å². The predicted octanol–water partition coefficient (Wildman–Crippen LogP) is 3.85. The minimum absolute atomic E-state index is 0.117. The Bertz CT molecular complexity index is 1150. The molecule has 0 heterocycles. The summed E-state index contributed by atoms with van der Waals surface area (Å²) in [5, 5.41) is 22.4. The van der Waals surface area contributed by atoms with E-state index in [2.05, 4.69) is 0 Å². The Morgan fingerprint density at radius 1 is 0.895 bits per heavy atom. The smallest absolute Gasteiger partial charge is 0.182 e. The number of benzene rings is 3. The number of aliphatic hydroxyl groups is 2. The highest BCUT2D eigenvalue weighted by Crippen LogP contribution is 2.35. The fourth-order valence-corrected chi connectivity index (χ4v) is 4.50. The molecule has 0 amide bonds. The summed E-state index contributed by atoms with van der Waals surface area (Å²) in [5.74, 6) is 0.438. The fourth-order valence-electron chi connectivity index (χ4n) is 4.50. The number of carbonyl (C=O) groups is 2. The zero-order valence-corrected chi connectivity index (χ0v) is 21.9. The van der Waals surface area contributed by atoms with E-state index in [4.69, 9.17) is 15.2 Å². The van der Waals surface area contributed by atoms with Gasteiger partial charge in [0.2, 0.25) is 0 Å². The molecule has 4 N–H and O–H groups in total. The Morgan fingerprint density at radius 3 is 2.11 bits per heavy atom. The molecule has 3 aromatic carbocycles. The van der Waals surface area contributed by atoms with Gasteiger partial charge in [-0.1, -0.05) is 74.5 Å². The molecule has 0 aliphatic rings. The summed E-state index contributed by atoms with van der Waals surface area (Å²) >= 11 is 0. The first-order valence-corrected chi connectivity index (χ1v) is 12.8. The lowest BCUT2D eigenvalue weighted by Crippen LogP contribution is -2.56. The van der Waals surface area contributed by atoms with Crippen molar-refractivity contribution in [1.29, 1.82) is 0 Å². The zero-order chi connectivity index (χ0) is 27.5. The van der Waals surface area contributed by atoms with Crippen molar-refractivity contribution in [2.45, 2.75) is 44.9 Å². The van der Waals surface area contributed by atoms with Crippen LogP contribution in [0, 0.1) is 11.3 Å². The van der Waals surface area contributed by atoms with Crippen LogP contribution in [0.2, 0.25) is 0 Å². The summed E-state index contributed by atoms with van der Waals surface area (Å²) in [6, 6.07) is 23.9. The lowest BCUT2D eigenvalue weighted by molar-refractivity contribution is -0.125. The van der Waals surface area contributed by atoms with E-state index in [1.807, 2.05) is 50.2 Å². The van der Waals surface area contributed by atoms with E-state index in [1.165, 1.54) is 0 Å². The van der Waals surface area contributed by atoms with Crippen molar-refractivity contribution in [3.63, 3.8) is 0 Å². The first kappa shape index (κ1) is 29.0. The molecule has 0 unspecified atom stereocenters. The van der Waals surface area contributed by atoms with Gasteiger partial charge in [0.25, 0.3) is 0 Å². The minimum Gasteiger partial charge on any atom is -0.490 e. The second-order valence-corrected chi connectivity index (χ2v) is 9.88. The number of nitrogens with two attached hydrogens (primary N) is 1. The van der Waals surface area contributed by atoms with Gasteiger partial charge in [0.15, 0.2) is 5.78 Å². The van der Waals surface area contributed by atoms with Crippen molar-refractivity contribution in [3.8, 4) is 11.5 Å². The quantitative estimate of drug-likeness (QED) is 0.121. The SMILES string of the molecule is CC(C)C[C@H](N)[C@@H](O)[C@H](O)[C@](C=O)(Cc1ccccc1)C(=O)c1ccccc1OCCOc1ccccc1. The van der Waals surface area contributed by atoms with Crippen molar-refractivity contribution in [3.05, 3.63) is 96.1 Å². The molecule has 7 heteroatoms. The highest BCUT2D eigenvalue weighted by Gasteiger charge is 2.50. The first-order valence-electron chi connectivity index (χ1n) is 12.8. The zero-order valence-electron chi connectivity index (χ0n) is 21.9. The Balaban J connectivity index is 1.90. The van der Waals surface area contributed by atoms with Crippen LogP contribution in [0.5, 0.6) is 11.5 Å². The molecule has 0 aromatic heterocycles. The largest absolute Gasteiger partial charge is 0.490 e. The standard InChI is InChI=1S/C31H37NO6/c1-22(2)19-26(32)28(34)30(36)31(21-33,20-23-11-5-3-6-12-23)29(35)25-15-9-10-16-27(25)38-18-17-37-24-13-7-4-8-14-24/h3-16,21-22,26,28,30,34,36H,17-20,32H2,1-2H3/t26-,28+,30-,31-/m0/s1. The van der Waals surface area contributed by atoms with Gasteiger partial charge in [-0.2, -0.15) is 0 Å². The van der Waals surface area contributed by atoms with Gasteiger partial charge in [-0.15, -0.1) is 0 Å². The van der Waals surface area contributed by atoms with Crippen LogP contribution in [0.4, 0.5) is 0 Å². The summed E-state index contributed by atoms with van der Waals surface area (Å²) in [6.45, 7) is 4.27. The van der Waals surface area contributed by atoms with Crippen LogP contribution in [0.25, 0.3) is 0 Å². The molecule has 4 atom stereocenters. The van der Waals surface area contributed by atoms with Crippen LogP contribution in [0.1, 0.15) is 36.2 Å². The van der Waals surface area contributed by atoms with Gasteiger partial charge in [0, 0.05) is 6.04 Å². The van der Waals surface area contributed by atoms with Gasteiger partial charge in [-0.3, -0.25) is 4.79 Å². The first-order chi connectivity index (χ1) is 18.3. The normalized spacial score (nSPS) is 15.2. The molecule has 0 saturated carbocycles. The Hall–Kier alpha value is -3.52. The van der Waals surface area contributed by atoms with E-state index in [9.17, 15) is 19.8 Å². The van der Waals surface area contributed by atoms with E-state index < -0.39 is 29.4 Å². The lowest BCUT2D eigenvalue weighted by atomic mass is 9.69. The molecule has 0 aliphatic heterocycles. The van der Waals surface area contributed by atoms with Gasteiger partial charge in [0.1, 0.15) is 42.5 Å². The number of ether oxygens (including phenoxy) is 2. The van der Waals surface area contributed by atoms with Gasteiger partial charge >= 0.3 is 0 Å². The maximum Gasteiger partial charge on any atom is 0.182 e. The summed E-state index contributed by atoms with van der Waals surface area (Å²) < 4.78 is 11.5. The van der Waals surface area contributed by atoms with Gasteiger partial charge in [-0.05, 0) is 48.6 Å². The van der Waals surface area contributed by atoms with E-state index in [-0.39, 0.29) is 36.9 Å². The van der Waals surface area contributed by atoms with Crippen LogP contribution in [-0.4, -0.2) is 53.7 Å². The Labute approximate surface area is 224 Å². The number of aliphatic hydroxyl groups excluding tert-OH is 2. The molecule has 3 aromatic rings. The molecule has 0 saturated heterocycles. The van der Waals surface area contributed by atoms with Crippen LogP contribution in [0.15, 0.2) is 84.9 Å². The third-order valence-electron chi connectivity index (χ3n) is 6.49. The average Bonchev–Trinajstić information content (AvgIpc) is 2.94. The molecule has 0 bridgehead atoms. The van der Waals surface area contributed by atoms with Crippen molar-refractivity contribution in [1.82, 2.24) is 0 Å². The third-order valence-corrected chi connectivity index (χ3v) is 6.49. The van der Waals surface area contributed by atoms with Crippen LogP contribution < -0.4 is 15.2 Å². The number of carbonyl (C=O) groups excluding carboxylic acids is 2. The number of hydrogen-bond donors (Lipinski definition) is 3. The van der Waals surface area contributed by atoms with Crippen molar-refractivity contribution >= 4 is 12.1 Å². The highest BCUT2D eigenvalue weighted by molar-refractivity contribution is 6.11. The Morgan fingerprint density at radius 2 is 1.47 bits per heavy atom. The van der Waals surface area contributed by atoms with Crippen molar-refractivity contribution in [2.24, 2.45) is 17.1 Å². The maximum atomic E-state index is 14.1. The Kier molecular flexibility index (Phi) is 10.6. The second-order valence-electron chi connectivity index (χ2n) is 9.88. The number of Topliss-reactive ketones (excluding diaryl/α,β-unsaturated/α-hetero) is 1. The van der Waals surface area contributed by atoms with E-state index >= 15 is 0 Å². The second kappa shape index (κ2) is 13.9. The molecule has 3 rings (SSSR count). The van der Waals surface area contributed by atoms with E-state index in [0.717, 1.165) is 0 Å². The molecule has 38 heavy (non-hydrogen) atoms. The number of rotatable bonds is 15. The molecule has 202 valence electrons. The molecule has 7 nitrogen and oxygen atoms in total. The number of para-hydroxylation sites is 2. The monoisotopic (exact) mass is 519 g/mol. The van der Waals surface area contributed by atoms with Gasteiger partial charge in [0.05, 0.1) is 11.7 Å². The molecular formula is C31H37NO6. The summed E-state index contributed by atoms with van der Waals surface area (Å²) in [4.78, 5) is 26.9.